The van der Waals surface area contributed by atoms with Gasteiger partial charge in [0.25, 0.3) is 5.91 Å². The summed E-state index contributed by atoms with van der Waals surface area (Å²) < 4.78 is 12.6. The van der Waals surface area contributed by atoms with E-state index in [1.54, 1.807) is 31.2 Å². The zero-order chi connectivity index (χ0) is 20.1. The highest BCUT2D eigenvalue weighted by Gasteiger charge is 2.25. The lowest BCUT2D eigenvalue weighted by Gasteiger charge is -2.08. The third-order valence-electron chi connectivity index (χ3n) is 3.83. The van der Waals surface area contributed by atoms with E-state index in [0.29, 0.717) is 39.2 Å². The molecule has 0 atom stereocenters. The lowest BCUT2D eigenvalue weighted by Crippen LogP contribution is -2.14. The molecule has 1 heterocycles. The molecular weight excluding hydrogens is 510 g/mol. The Bertz CT molecular complexity index is 1000. The number of carbonyl (C=O) groups excluding carboxylic acids is 2. The molecule has 8 heteroatoms. The second-order valence-electron chi connectivity index (χ2n) is 5.64. The SMILES string of the molecule is CCOC(=O)c1c(NC(=O)c2ccccc2)sc2c(OCCBr)c(Br)ccc12. The zero-order valence-corrected chi connectivity index (χ0v) is 18.9. The molecule has 0 aliphatic rings. The molecular formula is C20H17Br2NO4S. The second kappa shape index (κ2) is 9.54. The number of rotatable bonds is 7. The van der Waals surface area contributed by atoms with Gasteiger partial charge in [0.2, 0.25) is 0 Å². The fourth-order valence-electron chi connectivity index (χ4n) is 2.65. The van der Waals surface area contributed by atoms with Crippen molar-refractivity contribution in [2.75, 3.05) is 23.9 Å². The summed E-state index contributed by atoms with van der Waals surface area (Å²) in [4.78, 5) is 25.3. The smallest absolute Gasteiger partial charge is 0.341 e. The quantitative estimate of drug-likeness (QED) is 0.309. The minimum atomic E-state index is -0.481. The first kappa shape index (κ1) is 20.8. The molecule has 0 unspecified atom stereocenters. The third kappa shape index (κ3) is 4.39. The number of ether oxygens (including phenoxy) is 2. The molecule has 0 saturated heterocycles. The lowest BCUT2D eigenvalue weighted by molar-refractivity contribution is 0.0530. The van der Waals surface area contributed by atoms with Crippen molar-refractivity contribution in [1.82, 2.24) is 0 Å². The van der Waals surface area contributed by atoms with Crippen LogP contribution in [-0.2, 0) is 4.74 Å². The van der Waals surface area contributed by atoms with Gasteiger partial charge in [0.1, 0.15) is 10.6 Å². The van der Waals surface area contributed by atoms with Crippen molar-refractivity contribution < 1.29 is 19.1 Å². The average molecular weight is 527 g/mol. The van der Waals surface area contributed by atoms with E-state index >= 15 is 0 Å². The Morgan fingerprint density at radius 1 is 1.14 bits per heavy atom. The monoisotopic (exact) mass is 525 g/mol. The Morgan fingerprint density at radius 3 is 2.57 bits per heavy atom. The fourth-order valence-corrected chi connectivity index (χ4v) is 4.57. The van der Waals surface area contributed by atoms with E-state index in [2.05, 4.69) is 37.2 Å². The maximum Gasteiger partial charge on any atom is 0.341 e. The first-order valence-corrected chi connectivity index (χ1v) is 11.3. The molecule has 1 aromatic heterocycles. The van der Waals surface area contributed by atoms with E-state index in [-0.39, 0.29) is 12.5 Å². The first-order valence-electron chi connectivity index (χ1n) is 8.54. The Labute approximate surface area is 183 Å². The Morgan fingerprint density at radius 2 is 1.89 bits per heavy atom. The summed E-state index contributed by atoms with van der Waals surface area (Å²) in [6.07, 6.45) is 0. The molecule has 1 amide bonds. The van der Waals surface area contributed by atoms with Crippen LogP contribution in [0, 0.1) is 0 Å². The van der Waals surface area contributed by atoms with Gasteiger partial charge in [0.15, 0.2) is 5.75 Å². The molecule has 0 bridgehead atoms. The van der Waals surface area contributed by atoms with Crippen molar-refractivity contribution in [2.24, 2.45) is 0 Å². The van der Waals surface area contributed by atoms with Crippen molar-refractivity contribution in [2.45, 2.75) is 6.92 Å². The molecule has 5 nitrogen and oxygen atoms in total. The van der Waals surface area contributed by atoms with Crippen LogP contribution < -0.4 is 10.1 Å². The highest BCUT2D eigenvalue weighted by atomic mass is 79.9. The standard InChI is InChI=1S/C20H17Br2NO4S/c1-2-26-20(25)15-13-8-9-14(22)16(27-11-10-21)17(13)28-19(15)23-18(24)12-6-4-3-5-7-12/h3-9H,2,10-11H2,1H3,(H,23,24). The Hall–Kier alpha value is -1.90. The maximum atomic E-state index is 12.6. The fraction of sp³-hybridized carbons (Fsp3) is 0.200. The molecule has 3 aromatic rings. The maximum absolute atomic E-state index is 12.6. The number of fused-ring (bicyclic) bond motifs is 1. The minimum Gasteiger partial charge on any atom is -0.490 e. The van der Waals surface area contributed by atoms with Gasteiger partial charge >= 0.3 is 5.97 Å². The van der Waals surface area contributed by atoms with Crippen LogP contribution in [0.5, 0.6) is 5.75 Å². The molecule has 2 aromatic carbocycles. The average Bonchev–Trinajstić information content (AvgIpc) is 3.06. The van der Waals surface area contributed by atoms with Gasteiger partial charge in [-0.1, -0.05) is 40.2 Å². The van der Waals surface area contributed by atoms with Gasteiger partial charge in [0.05, 0.1) is 22.4 Å². The first-order chi connectivity index (χ1) is 13.6. The van der Waals surface area contributed by atoms with Gasteiger partial charge in [0, 0.05) is 16.3 Å². The molecule has 0 saturated carbocycles. The van der Waals surface area contributed by atoms with E-state index < -0.39 is 5.97 Å². The molecule has 3 rings (SSSR count). The second-order valence-corrected chi connectivity index (χ2v) is 8.31. The third-order valence-corrected chi connectivity index (χ3v) is 5.90. The zero-order valence-electron chi connectivity index (χ0n) is 15.0. The van der Waals surface area contributed by atoms with Crippen LogP contribution in [0.1, 0.15) is 27.6 Å². The normalized spacial score (nSPS) is 10.7. The number of benzene rings is 2. The number of hydrogen-bond acceptors (Lipinski definition) is 5. The Kier molecular flexibility index (Phi) is 7.09. The number of amides is 1. The summed E-state index contributed by atoms with van der Waals surface area (Å²) in [7, 11) is 0. The van der Waals surface area contributed by atoms with Crippen LogP contribution in [0.15, 0.2) is 46.9 Å². The number of esters is 1. The minimum absolute atomic E-state index is 0.242. The number of nitrogens with one attached hydrogen (secondary N) is 1. The van der Waals surface area contributed by atoms with Crippen molar-refractivity contribution >= 4 is 70.2 Å². The predicted molar refractivity (Wildman–Crippen MR) is 119 cm³/mol. The lowest BCUT2D eigenvalue weighted by atomic mass is 10.1. The van der Waals surface area contributed by atoms with E-state index in [9.17, 15) is 9.59 Å². The number of alkyl halides is 1. The van der Waals surface area contributed by atoms with Gasteiger partial charge in [-0.2, -0.15) is 0 Å². The van der Waals surface area contributed by atoms with Crippen LogP contribution in [0.3, 0.4) is 0 Å². The van der Waals surface area contributed by atoms with Crippen LogP contribution in [0.2, 0.25) is 0 Å². The van der Waals surface area contributed by atoms with Gasteiger partial charge in [-0.3, -0.25) is 4.79 Å². The molecule has 0 radical (unpaired) electrons. The number of hydrogen-bond donors (Lipinski definition) is 1. The highest BCUT2D eigenvalue weighted by Crippen LogP contribution is 2.44. The number of anilines is 1. The highest BCUT2D eigenvalue weighted by molar-refractivity contribution is 9.10. The number of thiophene rings is 1. The summed E-state index contributed by atoms with van der Waals surface area (Å²) in [5.41, 5.74) is 0.842. The van der Waals surface area contributed by atoms with Gasteiger partial charge in [-0.15, -0.1) is 11.3 Å². The Balaban J connectivity index is 2.10. The van der Waals surface area contributed by atoms with Crippen molar-refractivity contribution in [3.05, 3.63) is 58.1 Å². The van der Waals surface area contributed by atoms with Crippen LogP contribution >= 0.6 is 43.2 Å². The molecule has 0 fully saturated rings. The molecule has 0 aliphatic carbocycles. The van der Waals surface area contributed by atoms with Crippen LogP contribution in [0.4, 0.5) is 5.00 Å². The number of halogens is 2. The summed E-state index contributed by atoms with van der Waals surface area (Å²) in [5, 5.41) is 4.64. The summed E-state index contributed by atoms with van der Waals surface area (Å²) in [5.74, 6) is -0.140. The molecule has 28 heavy (non-hydrogen) atoms. The molecule has 146 valence electrons. The summed E-state index contributed by atoms with van der Waals surface area (Å²) in [6, 6.07) is 12.5. The molecule has 0 spiro atoms. The van der Waals surface area contributed by atoms with Gasteiger partial charge in [-0.25, -0.2) is 4.79 Å². The topological polar surface area (TPSA) is 64.6 Å². The van der Waals surface area contributed by atoms with E-state index in [0.717, 1.165) is 9.17 Å². The van der Waals surface area contributed by atoms with Gasteiger partial charge < -0.3 is 14.8 Å². The van der Waals surface area contributed by atoms with Crippen LogP contribution in [0.25, 0.3) is 10.1 Å². The molecule has 0 aliphatic heterocycles. The van der Waals surface area contributed by atoms with Crippen molar-refractivity contribution in [1.29, 1.82) is 0 Å². The summed E-state index contributed by atoms with van der Waals surface area (Å²) in [6.45, 7) is 2.46. The molecule has 1 N–H and O–H groups in total. The van der Waals surface area contributed by atoms with Gasteiger partial charge in [-0.05, 0) is 41.1 Å². The summed E-state index contributed by atoms with van der Waals surface area (Å²) >= 11 is 8.14. The van der Waals surface area contributed by atoms with E-state index in [1.807, 2.05) is 18.2 Å². The van der Waals surface area contributed by atoms with Crippen LogP contribution in [-0.4, -0.2) is 30.4 Å². The van der Waals surface area contributed by atoms with E-state index in [4.69, 9.17) is 9.47 Å². The number of carbonyl (C=O) groups is 2. The largest absolute Gasteiger partial charge is 0.490 e. The van der Waals surface area contributed by atoms with Crippen molar-refractivity contribution in [3.8, 4) is 5.75 Å². The predicted octanol–water partition coefficient (Wildman–Crippen LogP) is 5.87. The van der Waals surface area contributed by atoms with E-state index in [1.165, 1.54) is 11.3 Å². The van der Waals surface area contributed by atoms with Crippen molar-refractivity contribution in [3.63, 3.8) is 0 Å².